The maximum atomic E-state index is 12.6. The highest BCUT2D eigenvalue weighted by molar-refractivity contribution is 7.19. The highest BCUT2D eigenvalue weighted by Crippen LogP contribution is 2.34. The molecule has 0 unspecified atom stereocenters. The smallest absolute Gasteiger partial charge is 0.258 e. The Kier molecular flexibility index (Phi) is 3.33. The average molecular weight is 298 g/mol. The quantitative estimate of drug-likeness (QED) is 0.706. The van der Waals surface area contributed by atoms with Gasteiger partial charge in [0.25, 0.3) is 5.91 Å². The van der Waals surface area contributed by atoms with Gasteiger partial charge in [-0.25, -0.2) is 0 Å². The summed E-state index contributed by atoms with van der Waals surface area (Å²) >= 11 is 1.68. The van der Waals surface area contributed by atoms with Crippen LogP contribution in [0, 0.1) is 27.7 Å². The lowest BCUT2D eigenvalue weighted by molar-refractivity contribution is 0.102. The van der Waals surface area contributed by atoms with Gasteiger partial charge in [0.05, 0.1) is 15.8 Å². The zero-order valence-electron chi connectivity index (χ0n) is 12.6. The van der Waals surface area contributed by atoms with E-state index in [0.717, 1.165) is 27.3 Å². The molecule has 21 heavy (non-hydrogen) atoms. The first kappa shape index (κ1) is 13.9. The van der Waals surface area contributed by atoms with Gasteiger partial charge in [0.2, 0.25) is 0 Å². The van der Waals surface area contributed by atoms with Crippen LogP contribution in [0.4, 0.5) is 5.69 Å². The van der Waals surface area contributed by atoms with Crippen LogP contribution in [0.5, 0.6) is 0 Å². The van der Waals surface area contributed by atoms with E-state index in [0.29, 0.717) is 0 Å². The highest BCUT2D eigenvalue weighted by Gasteiger charge is 2.20. The van der Waals surface area contributed by atoms with Crippen LogP contribution in [0.15, 0.2) is 24.3 Å². The summed E-state index contributed by atoms with van der Waals surface area (Å²) in [6, 6.07) is 7.85. The van der Waals surface area contributed by atoms with Crippen molar-refractivity contribution in [2.24, 2.45) is 0 Å². The van der Waals surface area contributed by atoms with Gasteiger partial charge in [-0.3, -0.25) is 4.79 Å². The molecule has 3 aromatic rings. The summed E-state index contributed by atoms with van der Waals surface area (Å²) in [6.07, 6.45) is 0. The normalized spacial score (nSPS) is 11.0. The molecule has 4 heteroatoms. The summed E-state index contributed by atoms with van der Waals surface area (Å²) in [7, 11) is 0. The number of fused-ring (bicyclic) bond motifs is 1. The number of hydrogen-bond acceptors (Lipinski definition) is 2. The number of carbonyl (C=O) groups is 1. The fraction of sp³-hybridized carbons (Fsp3) is 0.235. The molecule has 0 saturated carbocycles. The predicted octanol–water partition coefficient (Wildman–Crippen LogP) is 4.72. The molecule has 0 fully saturated rings. The van der Waals surface area contributed by atoms with Gasteiger partial charge in [-0.05, 0) is 45.4 Å². The number of amides is 1. The largest absolute Gasteiger partial charge is 0.357 e. The Balaban J connectivity index is 1.99. The van der Waals surface area contributed by atoms with Crippen molar-refractivity contribution < 1.29 is 4.79 Å². The van der Waals surface area contributed by atoms with Crippen molar-refractivity contribution in [1.29, 1.82) is 0 Å². The standard InChI is InChI=1S/C17H18N2OS/c1-9-5-7-13(8-6-9)19-17(20)14-12(4)21-16-10(2)11(3)18-15(14)16/h5-8,18H,1-4H3,(H,19,20). The van der Waals surface area contributed by atoms with Crippen molar-refractivity contribution in [2.45, 2.75) is 27.7 Å². The lowest BCUT2D eigenvalue weighted by Crippen LogP contribution is -2.12. The van der Waals surface area contributed by atoms with E-state index in [1.165, 1.54) is 15.8 Å². The van der Waals surface area contributed by atoms with E-state index >= 15 is 0 Å². The number of thiophene rings is 1. The minimum absolute atomic E-state index is 0.0520. The van der Waals surface area contributed by atoms with Crippen LogP contribution in [0.25, 0.3) is 10.2 Å². The summed E-state index contributed by atoms with van der Waals surface area (Å²) in [4.78, 5) is 17.0. The number of carbonyl (C=O) groups excluding carboxylic acids is 1. The Labute approximate surface area is 128 Å². The van der Waals surface area contributed by atoms with Gasteiger partial charge in [-0.1, -0.05) is 17.7 Å². The molecule has 0 radical (unpaired) electrons. The van der Waals surface area contributed by atoms with E-state index in [9.17, 15) is 4.79 Å². The first-order chi connectivity index (χ1) is 9.97. The molecule has 0 atom stereocenters. The Bertz CT molecular complexity index is 825. The van der Waals surface area contributed by atoms with E-state index < -0.39 is 0 Å². The summed E-state index contributed by atoms with van der Waals surface area (Å²) in [6.45, 7) is 8.16. The zero-order valence-corrected chi connectivity index (χ0v) is 13.4. The predicted molar refractivity (Wildman–Crippen MR) is 89.5 cm³/mol. The molecule has 2 aromatic heterocycles. The minimum atomic E-state index is -0.0520. The van der Waals surface area contributed by atoms with Crippen LogP contribution in [0.3, 0.4) is 0 Å². The third kappa shape index (κ3) is 2.36. The molecule has 0 aliphatic carbocycles. The van der Waals surface area contributed by atoms with Crippen LogP contribution < -0.4 is 5.32 Å². The number of benzene rings is 1. The van der Waals surface area contributed by atoms with E-state index in [1.807, 2.05) is 45.0 Å². The summed E-state index contributed by atoms with van der Waals surface area (Å²) in [5, 5.41) is 2.98. The van der Waals surface area contributed by atoms with Gasteiger partial charge < -0.3 is 10.3 Å². The van der Waals surface area contributed by atoms with Crippen molar-refractivity contribution in [3.05, 3.63) is 51.5 Å². The highest BCUT2D eigenvalue weighted by atomic mass is 32.1. The summed E-state index contributed by atoms with van der Waals surface area (Å²) < 4.78 is 1.18. The second-order valence-electron chi connectivity index (χ2n) is 5.43. The van der Waals surface area contributed by atoms with Crippen LogP contribution >= 0.6 is 11.3 Å². The third-order valence-corrected chi connectivity index (χ3v) is 5.06. The van der Waals surface area contributed by atoms with Crippen molar-refractivity contribution in [3.8, 4) is 0 Å². The Morgan fingerprint density at radius 2 is 1.76 bits per heavy atom. The number of rotatable bonds is 2. The Morgan fingerprint density at radius 1 is 1.10 bits per heavy atom. The fourth-order valence-electron chi connectivity index (χ4n) is 2.48. The van der Waals surface area contributed by atoms with Gasteiger partial charge in [-0.2, -0.15) is 0 Å². The van der Waals surface area contributed by atoms with Gasteiger partial charge in [-0.15, -0.1) is 11.3 Å². The van der Waals surface area contributed by atoms with Crippen LogP contribution in [-0.2, 0) is 0 Å². The van der Waals surface area contributed by atoms with Crippen LogP contribution in [0.1, 0.15) is 32.1 Å². The molecule has 2 heterocycles. The molecular formula is C17H18N2OS. The van der Waals surface area contributed by atoms with E-state index in [-0.39, 0.29) is 5.91 Å². The van der Waals surface area contributed by atoms with Crippen molar-refractivity contribution in [2.75, 3.05) is 5.32 Å². The molecule has 3 nitrogen and oxygen atoms in total. The van der Waals surface area contributed by atoms with E-state index in [4.69, 9.17) is 0 Å². The minimum Gasteiger partial charge on any atom is -0.357 e. The Hall–Kier alpha value is -2.07. The number of aryl methyl sites for hydroxylation is 4. The van der Waals surface area contributed by atoms with Gasteiger partial charge in [0.15, 0.2) is 0 Å². The average Bonchev–Trinajstić information content (AvgIpc) is 2.89. The summed E-state index contributed by atoms with van der Waals surface area (Å²) in [5.41, 5.74) is 6.07. The fourth-order valence-corrected chi connectivity index (χ4v) is 3.65. The molecule has 2 N–H and O–H groups in total. The van der Waals surface area contributed by atoms with Crippen molar-refractivity contribution in [3.63, 3.8) is 0 Å². The number of hydrogen-bond donors (Lipinski definition) is 2. The molecule has 3 rings (SSSR count). The molecule has 0 bridgehead atoms. The molecule has 0 saturated heterocycles. The first-order valence-electron chi connectivity index (χ1n) is 6.93. The number of H-pyrrole nitrogens is 1. The Morgan fingerprint density at radius 3 is 2.43 bits per heavy atom. The second kappa shape index (κ2) is 5.04. The van der Waals surface area contributed by atoms with Gasteiger partial charge >= 0.3 is 0 Å². The number of anilines is 1. The first-order valence-corrected chi connectivity index (χ1v) is 7.75. The molecular weight excluding hydrogens is 280 g/mol. The monoisotopic (exact) mass is 298 g/mol. The van der Waals surface area contributed by atoms with E-state index in [2.05, 4.69) is 17.2 Å². The number of aromatic nitrogens is 1. The zero-order chi connectivity index (χ0) is 15.1. The number of aromatic amines is 1. The van der Waals surface area contributed by atoms with Gasteiger partial charge in [0.1, 0.15) is 0 Å². The molecule has 1 amide bonds. The number of nitrogens with one attached hydrogen (secondary N) is 2. The topological polar surface area (TPSA) is 44.9 Å². The molecule has 0 aliphatic heterocycles. The molecule has 0 aliphatic rings. The van der Waals surface area contributed by atoms with Gasteiger partial charge in [0, 0.05) is 16.3 Å². The maximum Gasteiger partial charge on any atom is 0.258 e. The van der Waals surface area contributed by atoms with Crippen LogP contribution in [-0.4, -0.2) is 10.9 Å². The molecule has 1 aromatic carbocycles. The lowest BCUT2D eigenvalue weighted by Gasteiger charge is -2.05. The second-order valence-corrected chi connectivity index (χ2v) is 6.66. The van der Waals surface area contributed by atoms with Crippen LogP contribution in [0.2, 0.25) is 0 Å². The lowest BCUT2D eigenvalue weighted by atomic mass is 10.2. The third-order valence-electron chi connectivity index (χ3n) is 3.84. The maximum absolute atomic E-state index is 12.6. The SMILES string of the molecule is Cc1ccc(NC(=O)c2c(C)sc3c(C)c(C)[nH]c23)cc1. The molecule has 108 valence electrons. The molecule has 0 spiro atoms. The van der Waals surface area contributed by atoms with E-state index in [1.54, 1.807) is 11.3 Å². The summed E-state index contributed by atoms with van der Waals surface area (Å²) in [5.74, 6) is -0.0520. The van der Waals surface area contributed by atoms with Crippen molar-refractivity contribution >= 4 is 33.1 Å². The van der Waals surface area contributed by atoms with Crippen molar-refractivity contribution in [1.82, 2.24) is 4.98 Å².